The van der Waals surface area contributed by atoms with Crippen LogP contribution in [0.1, 0.15) is 5.82 Å². The summed E-state index contributed by atoms with van der Waals surface area (Å²) in [6.45, 7) is 0.612. The highest BCUT2D eigenvalue weighted by atomic mass is 16.5. The Morgan fingerprint density at radius 3 is 3.04 bits per heavy atom. The monoisotopic (exact) mass is 340 g/mol. The molecule has 0 aliphatic carbocycles. The number of hydrogen-bond donors (Lipinski definition) is 1. The van der Waals surface area contributed by atoms with Gasteiger partial charge in [0.15, 0.2) is 17.7 Å². The smallest absolute Gasteiger partial charge is 0.293 e. The highest BCUT2D eigenvalue weighted by molar-refractivity contribution is 5.83. The fraction of sp³-hybridized carbons (Fsp3) is 0.235. The maximum atomic E-state index is 12.4. The van der Waals surface area contributed by atoms with Crippen LogP contribution in [0.25, 0.3) is 11.7 Å². The molecule has 3 aromatic rings. The molecule has 0 bridgehead atoms. The molecule has 25 heavy (non-hydrogen) atoms. The van der Waals surface area contributed by atoms with Gasteiger partial charge >= 0.3 is 0 Å². The number of carbonyl (C=O) groups excluding carboxylic acids is 1. The normalized spacial score (nSPS) is 16.2. The molecule has 1 N–H and O–H groups in total. The van der Waals surface area contributed by atoms with E-state index in [1.807, 2.05) is 36.2 Å². The van der Waals surface area contributed by atoms with Gasteiger partial charge in [-0.15, -0.1) is 0 Å². The number of carbonyl (C=O) groups is 1. The number of fused-ring (bicyclic) bond motifs is 1. The fourth-order valence-electron chi connectivity index (χ4n) is 2.65. The molecule has 3 heterocycles. The first kappa shape index (κ1) is 15.3. The first-order chi connectivity index (χ1) is 12.2. The minimum atomic E-state index is -0.601. The van der Waals surface area contributed by atoms with Gasteiger partial charge in [0.1, 0.15) is 5.75 Å². The van der Waals surface area contributed by atoms with E-state index in [1.54, 1.807) is 12.1 Å². The predicted molar refractivity (Wildman–Crippen MR) is 88.0 cm³/mol. The number of amides is 1. The highest BCUT2D eigenvalue weighted by Crippen LogP contribution is 2.31. The second kappa shape index (κ2) is 6.31. The molecule has 0 radical (unpaired) electrons. The summed E-state index contributed by atoms with van der Waals surface area (Å²) >= 11 is 0. The quantitative estimate of drug-likeness (QED) is 0.774. The third-order valence-electron chi connectivity index (χ3n) is 3.90. The molecule has 1 aromatic carbocycles. The SMILES string of the molecule is CN1C[C@H](C(=O)NCc2noc(-c3ccco3)n2)Oc2ccccc21. The molecule has 1 atom stereocenters. The Balaban J connectivity index is 1.38. The number of hydrogen-bond acceptors (Lipinski definition) is 7. The summed E-state index contributed by atoms with van der Waals surface area (Å²) in [6.07, 6.45) is 0.923. The molecule has 0 fully saturated rings. The van der Waals surface area contributed by atoms with Gasteiger partial charge in [0.25, 0.3) is 11.8 Å². The van der Waals surface area contributed by atoms with Crippen LogP contribution >= 0.6 is 0 Å². The molecule has 0 saturated carbocycles. The van der Waals surface area contributed by atoms with Crippen LogP contribution in [0.4, 0.5) is 5.69 Å². The number of rotatable bonds is 4. The molecule has 1 amide bonds. The molecule has 8 nitrogen and oxygen atoms in total. The maximum absolute atomic E-state index is 12.4. The van der Waals surface area contributed by atoms with Crippen molar-refractivity contribution in [1.82, 2.24) is 15.5 Å². The van der Waals surface area contributed by atoms with E-state index in [4.69, 9.17) is 13.7 Å². The summed E-state index contributed by atoms with van der Waals surface area (Å²) in [7, 11) is 1.93. The molecule has 0 saturated heterocycles. The van der Waals surface area contributed by atoms with Gasteiger partial charge in [-0.1, -0.05) is 17.3 Å². The topological polar surface area (TPSA) is 93.6 Å². The van der Waals surface area contributed by atoms with E-state index in [0.29, 0.717) is 23.9 Å². The molecule has 0 unspecified atom stereocenters. The minimum Gasteiger partial charge on any atom is -0.477 e. The molecular weight excluding hydrogens is 324 g/mol. The number of likely N-dealkylation sites (N-methyl/N-ethyl adjacent to an activating group) is 1. The summed E-state index contributed by atoms with van der Waals surface area (Å²) in [5, 5.41) is 6.60. The Labute approximate surface area is 143 Å². The molecule has 1 aliphatic heterocycles. The van der Waals surface area contributed by atoms with Crippen LogP contribution < -0.4 is 15.0 Å². The predicted octanol–water partition coefficient (Wildman–Crippen LogP) is 1.84. The number of nitrogens with one attached hydrogen (secondary N) is 1. The molecule has 0 spiro atoms. The number of para-hydroxylation sites is 2. The lowest BCUT2D eigenvalue weighted by atomic mass is 10.2. The van der Waals surface area contributed by atoms with Crippen molar-refractivity contribution in [1.29, 1.82) is 0 Å². The van der Waals surface area contributed by atoms with Gasteiger partial charge in [-0.3, -0.25) is 4.79 Å². The van der Waals surface area contributed by atoms with E-state index in [-0.39, 0.29) is 18.3 Å². The fourth-order valence-corrected chi connectivity index (χ4v) is 2.65. The number of nitrogens with zero attached hydrogens (tertiary/aromatic N) is 3. The Morgan fingerprint density at radius 2 is 2.20 bits per heavy atom. The van der Waals surface area contributed by atoms with Crippen LogP contribution in [0.3, 0.4) is 0 Å². The Morgan fingerprint density at radius 1 is 1.32 bits per heavy atom. The Bertz CT molecular complexity index is 874. The van der Waals surface area contributed by atoms with Gasteiger partial charge in [-0.25, -0.2) is 0 Å². The van der Waals surface area contributed by atoms with Crippen molar-refractivity contribution in [2.45, 2.75) is 12.6 Å². The largest absolute Gasteiger partial charge is 0.477 e. The molecular formula is C17H16N4O4. The zero-order valence-electron chi connectivity index (χ0n) is 13.5. The van der Waals surface area contributed by atoms with Crippen molar-refractivity contribution >= 4 is 11.6 Å². The molecule has 8 heteroatoms. The van der Waals surface area contributed by atoms with Crippen LogP contribution in [0.2, 0.25) is 0 Å². The first-order valence-electron chi connectivity index (χ1n) is 7.82. The standard InChI is InChI=1S/C17H16N4O4/c1-21-10-14(24-12-6-3-2-5-11(12)21)16(22)18-9-15-19-17(25-20-15)13-7-4-8-23-13/h2-8,14H,9-10H2,1H3,(H,18,22)/t14-/m1/s1. The minimum absolute atomic E-state index is 0.147. The zero-order chi connectivity index (χ0) is 17.2. The number of anilines is 1. The van der Waals surface area contributed by atoms with E-state index < -0.39 is 6.10 Å². The third kappa shape index (κ3) is 3.06. The maximum Gasteiger partial charge on any atom is 0.293 e. The van der Waals surface area contributed by atoms with Gasteiger partial charge in [-0.2, -0.15) is 4.98 Å². The lowest BCUT2D eigenvalue weighted by Gasteiger charge is -2.32. The van der Waals surface area contributed by atoms with E-state index in [0.717, 1.165) is 5.69 Å². The molecule has 2 aromatic heterocycles. The van der Waals surface area contributed by atoms with Gasteiger partial charge < -0.3 is 23.9 Å². The van der Waals surface area contributed by atoms with E-state index in [1.165, 1.54) is 6.26 Å². The van der Waals surface area contributed by atoms with Crippen LogP contribution in [-0.2, 0) is 11.3 Å². The van der Waals surface area contributed by atoms with Gasteiger partial charge in [0.2, 0.25) is 0 Å². The lowest BCUT2D eigenvalue weighted by molar-refractivity contribution is -0.128. The third-order valence-corrected chi connectivity index (χ3v) is 3.90. The average Bonchev–Trinajstić information content (AvgIpc) is 3.31. The van der Waals surface area contributed by atoms with Crippen LogP contribution in [0.5, 0.6) is 5.75 Å². The lowest BCUT2D eigenvalue weighted by Crippen LogP contribution is -2.47. The van der Waals surface area contributed by atoms with Crippen LogP contribution in [0.15, 0.2) is 51.6 Å². The van der Waals surface area contributed by atoms with Crippen LogP contribution in [-0.4, -0.2) is 35.7 Å². The number of aromatic nitrogens is 2. The van der Waals surface area contributed by atoms with Crippen molar-refractivity contribution in [3.8, 4) is 17.4 Å². The number of benzene rings is 1. The van der Waals surface area contributed by atoms with E-state index >= 15 is 0 Å². The van der Waals surface area contributed by atoms with Crippen molar-refractivity contribution in [3.63, 3.8) is 0 Å². The van der Waals surface area contributed by atoms with Crippen LogP contribution in [0, 0.1) is 0 Å². The summed E-state index contributed by atoms with van der Waals surface area (Å²) in [5.41, 5.74) is 0.966. The second-order valence-corrected chi connectivity index (χ2v) is 5.67. The van der Waals surface area contributed by atoms with E-state index in [2.05, 4.69) is 15.5 Å². The van der Waals surface area contributed by atoms with Gasteiger partial charge in [0, 0.05) is 7.05 Å². The average molecular weight is 340 g/mol. The number of ether oxygens (including phenoxy) is 1. The number of furan rings is 1. The molecule has 128 valence electrons. The summed E-state index contributed by atoms with van der Waals surface area (Å²) in [5.74, 6) is 1.59. The van der Waals surface area contributed by atoms with Crippen molar-refractivity contribution in [2.24, 2.45) is 0 Å². The summed E-state index contributed by atoms with van der Waals surface area (Å²) < 4.78 is 16.1. The second-order valence-electron chi connectivity index (χ2n) is 5.67. The summed E-state index contributed by atoms with van der Waals surface area (Å²) in [6, 6.07) is 11.1. The van der Waals surface area contributed by atoms with Crippen molar-refractivity contribution in [2.75, 3.05) is 18.5 Å². The van der Waals surface area contributed by atoms with Crippen molar-refractivity contribution in [3.05, 3.63) is 48.5 Å². The van der Waals surface area contributed by atoms with Gasteiger partial charge in [-0.05, 0) is 24.3 Å². The summed E-state index contributed by atoms with van der Waals surface area (Å²) in [4.78, 5) is 18.6. The first-order valence-corrected chi connectivity index (χ1v) is 7.82. The molecule has 4 rings (SSSR count). The highest BCUT2D eigenvalue weighted by Gasteiger charge is 2.28. The van der Waals surface area contributed by atoms with Crippen molar-refractivity contribution < 1.29 is 18.5 Å². The Hall–Kier alpha value is -3.29. The van der Waals surface area contributed by atoms with Gasteiger partial charge in [0.05, 0.1) is 25.0 Å². The zero-order valence-corrected chi connectivity index (χ0v) is 13.5. The Kier molecular flexibility index (Phi) is 3.85. The molecule has 1 aliphatic rings. The van der Waals surface area contributed by atoms with E-state index in [9.17, 15) is 4.79 Å².